The van der Waals surface area contributed by atoms with Gasteiger partial charge >= 0.3 is 0 Å². The molecule has 0 aliphatic heterocycles. The molecule has 8 heteroatoms. The van der Waals surface area contributed by atoms with E-state index in [1.54, 1.807) is 41.6 Å². The van der Waals surface area contributed by atoms with Crippen LogP contribution >= 0.6 is 11.3 Å². The van der Waals surface area contributed by atoms with Gasteiger partial charge in [0.25, 0.3) is 5.91 Å². The normalized spacial score (nSPS) is 12.2. The van der Waals surface area contributed by atoms with Crippen molar-refractivity contribution in [3.8, 4) is 0 Å². The molecule has 136 valence electrons. The van der Waals surface area contributed by atoms with Gasteiger partial charge in [0.1, 0.15) is 5.52 Å². The molecule has 0 saturated carbocycles. The van der Waals surface area contributed by atoms with Crippen LogP contribution in [0.4, 0.5) is 0 Å². The van der Waals surface area contributed by atoms with Gasteiger partial charge in [0.05, 0.1) is 35.7 Å². The van der Waals surface area contributed by atoms with Crippen molar-refractivity contribution in [1.29, 1.82) is 0 Å². The second-order valence-corrected chi connectivity index (χ2v) is 7.35. The lowest BCUT2D eigenvalue weighted by Gasteiger charge is -2.12. The van der Waals surface area contributed by atoms with Gasteiger partial charge in [-0.15, -0.1) is 11.3 Å². The van der Waals surface area contributed by atoms with Gasteiger partial charge in [0.15, 0.2) is 5.65 Å². The second-order valence-electron chi connectivity index (χ2n) is 6.29. The smallest absolute Gasteiger partial charge is 0.253 e. The average Bonchev–Trinajstić information content (AvgIpc) is 3.28. The monoisotopic (exact) mass is 378 g/mol. The molecule has 7 nitrogen and oxygen atoms in total. The number of amides is 1. The summed E-state index contributed by atoms with van der Waals surface area (Å²) in [6.45, 7) is 4.55. The second kappa shape index (κ2) is 7.24. The highest BCUT2D eigenvalue weighted by atomic mass is 32.1. The maximum absolute atomic E-state index is 12.6. The van der Waals surface area contributed by atoms with Crippen LogP contribution in [0.3, 0.4) is 0 Å². The number of carbonyl (C=O) groups is 1. The fraction of sp³-hybridized carbons (Fsp3) is 0.211. The number of rotatable bonds is 5. The van der Waals surface area contributed by atoms with Crippen LogP contribution in [0.5, 0.6) is 0 Å². The summed E-state index contributed by atoms with van der Waals surface area (Å²) in [5.41, 5.74) is 5.64. The Hall–Kier alpha value is -3.13. The minimum Gasteiger partial charge on any atom is -0.344 e. The van der Waals surface area contributed by atoms with Gasteiger partial charge in [0, 0.05) is 23.5 Å². The molecule has 27 heavy (non-hydrogen) atoms. The molecule has 0 aliphatic rings. The van der Waals surface area contributed by atoms with Crippen LogP contribution in [0.25, 0.3) is 11.2 Å². The van der Waals surface area contributed by atoms with Gasteiger partial charge in [0.2, 0.25) is 0 Å². The molecule has 4 rings (SSSR count). The number of hydrogen-bond donors (Lipinski definition) is 1. The Morgan fingerprint density at radius 3 is 2.93 bits per heavy atom. The number of hydrogen-bond acceptors (Lipinski definition) is 6. The van der Waals surface area contributed by atoms with E-state index in [0.29, 0.717) is 17.6 Å². The summed E-state index contributed by atoms with van der Waals surface area (Å²) in [7, 11) is 0. The van der Waals surface area contributed by atoms with Crippen molar-refractivity contribution in [2.24, 2.45) is 0 Å². The van der Waals surface area contributed by atoms with Crippen LogP contribution < -0.4 is 5.32 Å². The number of imidazole rings is 1. The number of aromatic nitrogens is 5. The van der Waals surface area contributed by atoms with Crippen LogP contribution in [-0.4, -0.2) is 30.4 Å². The lowest BCUT2D eigenvalue weighted by atomic mass is 10.2. The van der Waals surface area contributed by atoms with Gasteiger partial charge in [-0.05, 0) is 31.5 Å². The van der Waals surface area contributed by atoms with E-state index in [4.69, 9.17) is 0 Å². The van der Waals surface area contributed by atoms with Crippen LogP contribution in [0.1, 0.15) is 39.5 Å². The van der Waals surface area contributed by atoms with Gasteiger partial charge in [-0.1, -0.05) is 6.07 Å². The highest BCUT2D eigenvalue weighted by Crippen LogP contribution is 2.20. The molecule has 4 heterocycles. The Bertz CT molecular complexity index is 1090. The summed E-state index contributed by atoms with van der Waals surface area (Å²) in [5, 5.41) is 2.97. The van der Waals surface area contributed by atoms with E-state index in [2.05, 4.69) is 25.3 Å². The zero-order valence-corrected chi connectivity index (χ0v) is 15.8. The van der Waals surface area contributed by atoms with E-state index >= 15 is 0 Å². The standard InChI is InChI=1S/C19H18N6OS/c1-12(17-13(2)27-11-23-17)24-19(26)15-6-16-18(21-8-15)25(10-22-16)9-14-4-3-5-20-7-14/h3-8,10-12H,9H2,1-2H3,(H,24,26). The molecule has 1 N–H and O–H groups in total. The van der Waals surface area contributed by atoms with Crippen molar-refractivity contribution in [3.05, 3.63) is 70.3 Å². The zero-order valence-electron chi connectivity index (χ0n) is 15.0. The van der Waals surface area contributed by atoms with E-state index < -0.39 is 0 Å². The molecule has 4 aromatic rings. The molecule has 1 amide bonds. The summed E-state index contributed by atoms with van der Waals surface area (Å²) in [6.07, 6.45) is 6.87. The molecule has 1 atom stereocenters. The quantitative estimate of drug-likeness (QED) is 0.577. The zero-order chi connectivity index (χ0) is 18.8. The molecule has 0 spiro atoms. The summed E-state index contributed by atoms with van der Waals surface area (Å²) < 4.78 is 1.94. The number of nitrogens with zero attached hydrogens (tertiary/aromatic N) is 5. The average molecular weight is 378 g/mol. The number of aryl methyl sites for hydroxylation is 1. The van der Waals surface area contributed by atoms with Crippen LogP contribution in [0, 0.1) is 6.92 Å². The fourth-order valence-corrected chi connectivity index (χ4v) is 3.63. The van der Waals surface area contributed by atoms with Crippen LogP contribution in [0.15, 0.2) is 48.6 Å². The largest absolute Gasteiger partial charge is 0.344 e. The predicted molar refractivity (Wildman–Crippen MR) is 104 cm³/mol. The number of carbonyl (C=O) groups excluding carboxylic acids is 1. The Kier molecular flexibility index (Phi) is 4.64. The van der Waals surface area contributed by atoms with Gasteiger partial charge in [-0.25, -0.2) is 15.0 Å². The minimum absolute atomic E-state index is 0.164. The first-order chi connectivity index (χ1) is 13.1. The fourth-order valence-electron chi connectivity index (χ4n) is 2.96. The maximum atomic E-state index is 12.6. The molecule has 0 bridgehead atoms. The molecule has 4 aromatic heterocycles. The number of nitrogens with one attached hydrogen (secondary N) is 1. The van der Waals surface area contributed by atoms with Crippen molar-refractivity contribution in [2.45, 2.75) is 26.4 Å². The highest BCUT2D eigenvalue weighted by molar-refractivity contribution is 7.09. The Morgan fingerprint density at radius 1 is 1.30 bits per heavy atom. The van der Waals surface area contributed by atoms with Crippen molar-refractivity contribution in [1.82, 2.24) is 29.8 Å². The van der Waals surface area contributed by atoms with E-state index in [1.807, 2.05) is 36.7 Å². The number of fused-ring (bicyclic) bond motifs is 1. The summed E-state index contributed by atoms with van der Waals surface area (Å²) >= 11 is 1.57. The predicted octanol–water partition coefficient (Wildman–Crippen LogP) is 3.13. The molecule has 1 unspecified atom stereocenters. The number of pyridine rings is 2. The first kappa shape index (κ1) is 17.3. The molecule has 0 fully saturated rings. The maximum Gasteiger partial charge on any atom is 0.253 e. The number of thiazole rings is 1. The summed E-state index contributed by atoms with van der Waals surface area (Å²) in [5.74, 6) is -0.189. The molecule has 0 aromatic carbocycles. The third-order valence-electron chi connectivity index (χ3n) is 4.33. The Labute approximate surface area is 160 Å². The molecular weight excluding hydrogens is 360 g/mol. The third kappa shape index (κ3) is 3.56. The molecule has 0 saturated heterocycles. The SMILES string of the molecule is Cc1scnc1C(C)NC(=O)c1cnc2c(c1)ncn2Cc1cccnc1. The Balaban J connectivity index is 1.53. The van der Waals surface area contributed by atoms with Gasteiger partial charge < -0.3 is 9.88 Å². The van der Waals surface area contributed by atoms with E-state index in [1.165, 1.54) is 0 Å². The van der Waals surface area contributed by atoms with Crippen LogP contribution in [-0.2, 0) is 6.54 Å². The summed E-state index contributed by atoms with van der Waals surface area (Å²) in [4.78, 5) is 31.0. The lowest BCUT2D eigenvalue weighted by Crippen LogP contribution is -2.27. The topological polar surface area (TPSA) is 85.6 Å². The summed E-state index contributed by atoms with van der Waals surface area (Å²) in [6, 6.07) is 5.50. The van der Waals surface area contributed by atoms with E-state index in [-0.39, 0.29) is 11.9 Å². The minimum atomic E-state index is -0.189. The molecule has 0 radical (unpaired) electrons. The van der Waals surface area contributed by atoms with E-state index in [9.17, 15) is 4.79 Å². The Morgan fingerprint density at radius 2 is 2.19 bits per heavy atom. The third-order valence-corrected chi connectivity index (χ3v) is 5.11. The lowest BCUT2D eigenvalue weighted by molar-refractivity contribution is 0.0939. The first-order valence-corrected chi connectivity index (χ1v) is 9.40. The molecule has 0 aliphatic carbocycles. The highest BCUT2D eigenvalue weighted by Gasteiger charge is 2.16. The first-order valence-electron chi connectivity index (χ1n) is 8.52. The van der Waals surface area contributed by atoms with Gasteiger partial charge in [-0.3, -0.25) is 9.78 Å². The van der Waals surface area contributed by atoms with Crippen molar-refractivity contribution in [3.63, 3.8) is 0 Å². The van der Waals surface area contributed by atoms with Crippen LogP contribution in [0.2, 0.25) is 0 Å². The van der Waals surface area contributed by atoms with Crippen molar-refractivity contribution >= 4 is 28.4 Å². The van der Waals surface area contributed by atoms with Crippen molar-refractivity contribution < 1.29 is 4.79 Å². The van der Waals surface area contributed by atoms with Gasteiger partial charge in [-0.2, -0.15) is 0 Å². The van der Waals surface area contributed by atoms with E-state index in [0.717, 1.165) is 21.8 Å². The molecular formula is C19H18N6OS. The van der Waals surface area contributed by atoms with Crippen molar-refractivity contribution in [2.75, 3.05) is 0 Å².